The summed E-state index contributed by atoms with van der Waals surface area (Å²) in [5.74, 6) is 2.96. The molecule has 2 saturated carbocycles. The third kappa shape index (κ3) is 3.27. The lowest BCUT2D eigenvalue weighted by Gasteiger charge is -2.55. The van der Waals surface area contributed by atoms with Crippen LogP contribution in [-0.2, 0) is 0 Å². The molecule has 27 heavy (non-hydrogen) atoms. The standard InChI is InChI=1S/C22H26N2O3/c1-26-18-8-7-15(13-19(18)27-2)20-16-5-3-4-6-17(16)21(20)24-22(25)14-9-11-23-12-10-14/h7-13,16-17,20-21H,3-6H2,1-2H3,(H,24,25)/t16?,17?,20-,21-/m0/s1. The predicted octanol–water partition coefficient (Wildman–Crippen LogP) is 3.80. The number of methoxy groups -OCH3 is 2. The summed E-state index contributed by atoms with van der Waals surface area (Å²) in [7, 11) is 3.31. The van der Waals surface area contributed by atoms with Gasteiger partial charge in [0, 0.05) is 29.9 Å². The Morgan fingerprint density at radius 2 is 1.70 bits per heavy atom. The number of carbonyl (C=O) groups is 1. The third-order valence-corrected chi connectivity index (χ3v) is 6.22. The second-order valence-corrected chi connectivity index (χ2v) is 7.49. The van der Waals surface area contributed by atoms with Gasteiger partial charge in [0.2, 0.25) is 0 Å². The van der Waals surface area contributed by atoms with Gasteiger partial charge < -0.3 is 14.8 Å². The van der Waals surface area contributed by atoms with Gasteiger partial charge in [0.15, 0.2) is 11.5 Å². The number of benzene rings is 1. The Morgan fingerprint density at radius 1 is 1.00 bits per heavy atom. The van der Waals surface area contributed by atoms with E-state index in [1.165, 1.54) is 31.2 Å². The highest BCUT2D eigenvalue weighted by Gasteiger charge is 2.52. The molecular formula is C22H26N2O3. The molecule has 1 heterocycles. The van der Waals surface area contributed by atoms with Crippen LogP contribution in [0.5, 0.6) is 11.5 Å². The molecule has 142 valence electrons. The van der Waals surface area contributed by atoms with Gasteiger partial charge in [0.25, 0.3) is 5.91 Å². The minimum absolute atomic E-state index is 0.0168. The first-order valence-electron chi connectivity index (χ1n) is 9.65. The van der Waals surface area contributed by atoms with Crippen LogP contribution in [0, 0.1) is 11.8 Å². The fourth-order valence-electron chi connectivity index (χ4n) is 4.92. The summed E-state index contributed by atoms with van der Waals surface area (Å²) in [5.41, 5.74) is 1.88. The lowest BCUT2D eigenvalue weighted by molar-refractivity contribution is 0.0251. The zero-order valence-electron chi connectivity index (χ0n) is 15.9. The van der Waals surface area contributed by atoms with Crippen molar-refractivity contribution in [1.82, 2.24) is 10.3 Å². The topological polar surface area (TPSA) is 60.5 Å². The molecule has 1 aromatic carbocycles. The number of hydrogen-bond acceptors (Lipinski definition) is 4. The van der Waals surface area contributed by atoms with E-state index in [9.17, 15) is 4.79 Å². The van der Waals surface area contributed by atoms with E-state index in [4.69, 9.17) is 9.47 Å². The molecule has 0 saturated heterocycles. The van der Waals surface area contributed by atoms with E-state index < -0.39 is 0 Å². The molecule has 2 fully saturated rings. The summed E-state index contributed by atoms with van der Waals surface area (Å²) in [5, 5.41) is 3.31. The molecule has 0 bridgehead atoms. The second kappa shape index (κ2) is 7.59. The molecule has 0 aliphatic heterocycles. The number of nitrogens with one attached hydrogen (secondary N) is 1. The molecular weight excluding hydrogens is 340 g/mol. The number of nitrogens with zero attached hydrogens (tertiary/aromatic N) is 1. The summed E-state index contributed by atoms with van der Waals surface area (Å²) in [6, 6.07) is 9.83. The largest absolute Gasteiger partial charge is 0.493 e. The number of hydrogen-bond donors (Lipinski definition) is 1. The van der Waals surface area contributed by atoms with Gasteiger partial charge in [-0.3, -0.25) is 9.78 Å². The van der Waals surface area contributed by atoms with E-state index in [0.29, 0.717) is 23.3 Å². The lowest BCUT2D eigenvalue weighted by Crippen LogP contribution is -2.59. The Labute approximate surface area is 160 Å². The molecule has 1 amide bonds. The molecule has 2 unspecified atom stereocenters. The van der Waals surface area contributed by atoms with Crippen molar-refractivity contribution in [3.8, 4) is 11.5 Å². The van der Waals surface area contributed by atoms with E-state index >= 15 is 0 Å². The van der Waals surface area contributed by atoms with E-state index in [-0.39, 0.29) is 11.9 Å². The number of fused-ring (bicyclic) bond motifs is 1. The summed E-state index contributed by atoms with van der Waals surface area (Å²) >= 11 is 0. The molecule has 2 aliphatic rings. The maximum Gasteiger partial charge on any atom is 0.251 e. The summed E-state index contributed by atoms with van der Waals surface area (Å²) in [6.07, 6.45) is 8.26. The van der Waals surface area contributed by atoms with Crippen molar-refractivity contribution in [2.24, 2.45) is 11.8 Å². The van der Waals surface area contributed by atoms with Crippen LogP contribution in [0.4, 0.5) is 0 Å². The van der Waals surface area contributed by atoms with Crippen molar-refractivity contribution in [3.63, 3.8) is 0 Å². The van der Waals surface area contributed by atoms with Crippen LogP contribution in [0.15, 0.2) is 42.7 Å². The Hall–Kier alpha value is -2.56. The minimum atomic E-state index is -0.0168. The lowest BCUT2D eigenvalue weighted by atomic mass is 9.53. The normalized spacial score (nSPS) is 26.4. The van der Waals surface area contributed by atoms with Gasteiger partial charge in [-0.15, -0.1) is 0 Å². The number of carbonyl (C=O) groups excluding carboxylic acids is 1. The van der Waals surface area contributed by atoms with Crippen LogP contribution in [0.2, 0.25) is 0 Å². The van der Waals surface area contributed by atoms with Gasteiger partial charge in [0.1, 0.15) is 0 Å². The second-order valence-electron chi connectivity index (χ2n) is 7.49. The molecule has 4 atom stereocenters. The number of aromatic nitrogens is 1. The number of ether oxygens (including phenoxy) is 2. The maximum atomic E-state index is 12.7. The fourth-order valence-corrected chi connectivity index (χ4v) is 4.92. The monoisotopic (exact) mass is 366 g/mol. The first kappa shape index (κ1) is 17.8. The molecule has 0 spiro atoms. The number of pyridine rings is 1. The van der Waals surface area contributed by atoms with Crippen LogP contribution in [0.25, 0.3) is 0 Å². The molecule has 5 heteroatoms. The van der Waals surface area contributed by atoms with Gasteiger partial charge in [0.05, 0.1) is 14.2 Å². The Kier molecular flexibility index (Phi) is 5.01. The highest BCUT2D eigenvalue weighted by molar-refractivity contribution is 5.94. The fraction of sp³-hybridized carbons (Fsp3) is 0.455. The minimum Gasteiger partial charge on any atom is -0.493 e. The average Bonchev–Trinajstić information content (AvgIpc) is 2.72. The number of rotatable bonds is 5. The summed E-state index contributed by atoms with van der Waals surface area (Å²) < 4.78 is 10.9. The van der Waals surface area contributed by atoms with Gasteiger partial charge in [-0.25, -0.2) is 0 Å². The highest BCUT2D eigenvalue weighted by atomic mass is 16.5. The Morgan fingerprint density at radius 3 is 2.41 bits per heavy atom. The summed E-state index contributed by atoms with van der Waals surface area (Å²) in [4.78, 5) is 16.7. The first-order chi connectivity index (χ1) is 13.2. The first-order valence-corrected chi connectivity index (χ1v) is 9.65. The SMILES string of the molecule is COc1ccc([C@H]2C3CCCCC3[C@@H]2NC(=O)c2ccncc2)cc1OC. The summed E-state index contributed by atoms with van der Waals surface area (Å²) in [6.45, 7) is 0. The van der Waals surface area contributed by atoms with Crippen LogP contribution in [-0.4, -0.2) is 31.2 Å². The van der Waals surface area contributed by atoms with Crippen molar-refractivity contribution >= 4 is 5.91 Å². The van der Waals surface area contributed by atoms with Gasteiger partial charge >= 0.3 is 0 Å². The van der Waals surface area contributed by atoms with Crippen molar-refractivity contribution in [3.05, 3.63) is 53.9 Å². The molecule has 0 radical (unpaired) electrons. The Balaban J connectivity index is 1.60. The Bertz CT molecular complexity index is 808. The van der Waals surface area contributed by atoms with Gasteiger partial charge in [-0.05, 0) is 54.5 Å². The van der Waals surface area contributed by atoms with Crippen LogP contribution >= 0.6 is 0 Å². The molecule has 1 aromatic heterocycles. The number of amides is 1. The molecule has 2 aliphatic carbocycles. The third-order valence-electron chi connectivity index (χ3n) is 6.22. The quantitative estimate of drug-likeness (QED) is 0.874. The maximum absolute atomic E-state index is 12.7. The van der Waals surface area contributed by atoms with E-state index in [0.717, 1.165) is 11.5 Å². The van der Waals surface area contributed by atoms with E-state index in [1.54, 1.807) is 38.7 Å². The zero-order valence-corrected chi connectivity index (χ0v) is 15.9. The average molecular weight is 366 g/mol. The molecule has 2 aromatic rings. The van der Waals surface area contributed by atoms with Crippen LogP contribution in [0.3, 0.4) is 0 Å². The van der Waals surface area contributed by atoms with Crippen LogP contribution < -0.4 is 14.8 Å². The predicted molar refractivity (Wildman–Crippen MR) is 103 cm³/mol. The van der Waals surface area contributed by atoms with Crippen molar-refractivity contribution in [2.45, 2.75) is 37.6 Å². The van der Waals surface area contributed by atoms with E-state index in [1.807, 2.05) is 6.07 Å². The zero-order chi connectivity index (χ0) is 18.8. The molecule has 4 rings (SSSR count). The smallest absolute Gasteiger partial charge is 0.251 e. The van der Waals surface area contributed by atoms with Gasteiger partial charge in [-0.1, -0.05) is 18.9 Å². The van der Waals surface area contributed by atoms with Crippen molar-refractivity contribution in [1.29, 1.82) is 0 Å². The molecule has 1 N–H and O–H groups in total. The molecule has 5 nitrogen and oxygen atoms in total. The van der Waals surface area contributed by atoms with Crippen molar-refractivity contribution < 1.29 is 14.3 Å². The van der Waals surface area contributed by atoms with E-state index in [2.05, 4.69) is 22.4 Å². The van der Waals surface area contributed by atoms with Crippen molar-refractivity contribution in [2.75, 3.05) is 14.2 Å². The highest BCUT2D eigenvalue weighted by Crippen LogP contribution is 2.55. The van der Waals surface area contributed by atoms with Gasteiger partial charge in [-0.2, -0.15) is 0 Å². The van der Waals surface area contributed by atoms with Crippen LogP contribution in [0.1, 0.15) is 47.5 Å².